The summed E-state index contributed by atoms with van der Waals surface area (Å²) < 4.78 is 26.2. The van der Waals surface area contributed by atoms with Gasteiger partial charge < -0.3 is 4.90 Å². The summed E-state index contributed by atoms with van der Waals surface area (Å²) in [5.74, 6) is -2.59. The van der Waals surface area contributed by atoms with Crippen LogP contribution in [0.5, 0.6) is 0 Å². The molecular weight excluding hydrogens is 304 g/mol. The summed E-state index contributed by atoms with van der Waals surface area (Å²) in [7, 11) is 0. The van der Waals surface area contributed by atoms with E-state index in [9.17, 15) is 13.6 Å². The number of alkyl halides is 3. The van der Waals surface area contributed by atoms with Crippen molar-refractivity contribution in [3.8, 4) is 0 Å². The van der Waals surface area contributed by atoms with E-state index in [0.29, 0.717) is 18.9 Å². The number of nitrogens with zero attached hydrogens (tertiary/aromatic N) is 1. The van der Waals surface area contributed by atoms with Crippen LogP contribution in [-0.4, -0.2) is 34.6 Å². The van der Waals surface area contributed by atoms with Crippen LogP contribution < -0.4 is 0 Å². The van der Waals surface area contributed by atoms with E-state index in [0.717, 1.165) is 31.1 Å². The second kappa shape index (κ2) is 5.85. The first-order chi connectivity index (χ1) is 8.53. The Morgan fingerprint density at radius 2 is 1.94 bits per heavy atom. The van der Waals surface area contributed by atoms with E-state index >= 15 is 0 Å². The number of carbonyl (C=O) groups excluding carboxylic acids is 1. The minimum atomic E-state index is -2.54. The topological polar surface area (TPSA) is 20.3 Å². The maximum Gasteiger partial charge on any atom is 0.248 e. The number of likely N-dealkylation sites (tertiary alicyclic amines) is 1. The first-order valence-corrected chi connectivity index (χ1v) is 7.90. The Morgan fingerprint density at radius 1 is 1.28 bits per heavy atom. The SMILES string of the molecule is O=C(C1CCC(F)(F)CC1)N1CCCC1CCBr. The van der Waals surface area contributed by atoms with Crippen LogP contribution in [0.2, 0.25) is 0 Å². The van der Waals surface area contributed by atoms with Gasteiger partial charge >= 0.3 is 0 Å². The number of halogens is 3. The molecule has 2 aliphatic rings. The predicted molar refractivity (Wildman–Crippen MR) is 70.1 cm³/mol. The number of amides is 1. The van der Waals surface area contributed by atoms with Gasteiger partial charge in [0.1, 0.15) is 0 Å². The van der Waals surface area contributed by atoms with Crippen molar-refractivity contribution in [3.63, 3.8) is 0 Å². The largest absolute Gasteiger partial charge is 0.339 e. The number of hydrogen-bond donors (Lipinski definition) is 0. The Kier molecular flexibility index (Phi) is 4.62. The fourth-order valence-corrected chi connectivity index (χ4v) is 3.60. The van der Waals surface area contributed by atoms with Gasteiger partial charge in [0.25, 0.3) is 0 Å². The minimum Gasteiger partial charge on any atom is -0.339 e. The molecule has 1 atom stereocenters. The lowest BCUT2D eigenvalue weighted by Gasteiger charge is -2.32. The van der Waals surface area contributed by atoms with E-state index in [2.05, 4.69) is 15.9 Å². The van der Waals surface area contributed by atoms with Gasteiger partial charge in [0.2, 0.25) is 11.8 Å². The van der Waals surface area contributed by atoms with Crippen molar-refractivity contribution in [2.45, 2.75) is 56.9 Å². The zero-order chi connectivity index (χ0) is 13.2. The molecule has 1 heterocycles. The van der Waals surface area contributed by atoms with Crippen LogP contribution in [0.4, 0.5) is 8.78 Å². The van der Waals surface area contributed by atoms with Gasteiger partial charge in [0.05, 0.1) is 0 Å². The molecule has 0 aromatic rings. The van der Waals surface area contributed by atoms with Gasteiger partial charge in [-0.15, -0.1) is 0 Å². The third-order valence-corrected chi connectivity index (χ3v) is 4.63. The highest BCUT2D eigenvalue weighted by Crippen LogP contribution is 2.37. The van der Waals surface area contributed by atoms with Gasteiger partial charge in [-0.3, -0.25) is 4.79 Å². The quantitative estimate of drug-likeness (QED) is 0.727. The van der Waals surface area contributed by atoms with Gasteiger partial charge in [0.15, 0.2) is 0 Å². The molecule has 1 unspecified atom stereocenters. The van der Waals surface area contributed by atoms with Crippen molar-refractivity contribution in [1.82, 2.24) is 4.90 Å². The normalized spacial score (nSPS) is 28.6. The molecule has 1 aliphatic carbocycles. The van der Waals surface area contributed by atoms with Crippen molar-refractivity contribution in [2.75, 3.05) is 11.9 Å². The van der Waals surface area contributed by atoms with Gasteiger partial charge in [-0.05, 0) is 32.1 Å². The Bertz CT molecular complexity index is 301. The third-order valence-electron chi connectivity index (χ3n) is 4.17. The van der Waals surface area contributed by atoms with Crippen molar-refractivity contribution >= 4 is 21.8 Å². The third kappa shape index (κ3) is 3.22. The number of hydrogen-bond acceptors (Lipinski definition) is 1. The zero-order valence-corrected chi connectivity index (χ0v) is 12.1. The lowest BCUT2D eigenvalue weighted by Crippen LogP contribution is -2.42. The molecule has 1 saturated carbocycles. The molecule has 2 rings (SSSR count). The van der Waals surface area contributed by atoms with Crippen LogP contribution in [0.25, 0.3) is 0 Å². The van der Waals surface area contributed by atoms with Gasteiger partial charge in [-0.1, -0.05) is 15.9 Å². The molecule has 1 aliphatic heterocycles. The van der Waals surface area contributed by atoms with E-state index in [4.69, 9.17) is 0 Å². The Labute approximate surface area is 115 Å². The van der Waals surface area contributed by atoms with E-state index in [1.807, 2.05) is 4.90 Å². The first-order valence-electron chi connectivity index (χ1n) is 6.78. The average molecular weight is 324 g/mol. The van der Waals surface area contributed by atoms with E-state index in [1.54, 1.807) is 0 Å². The standard InChI is InChI=1S/C13H20BrF2NO/c14-8-5-11-2-1-9-17(11)12(18)10-3-6-13(15,16)7-4-10/h10-11H,1-9H2. The molecule has 1 saturated heterocycles. The van der Waals surface area contributed by atoms with Gasteiger partial charge in [-0.2, -0.15) is 0 Å². The lowest BCUT2D eigenvalue weighted by atomic mass is 9.85. The van der Waals surface area contributed by atoms with Crippen LogP contribution in [-0.2, 0) is 4.79 Å². The highest BCUT2D eigenvalue weighted by molar-refractivity contribution is 9.09. The summed E-state index contributed by atoms with van der Waals surface area (Å²) in [6, 6.07) is 0.319. The predicted octanol–water partition coefficient (Wildman–Crippen LogP) is 3.59. The van der Waals surface area contributed by atoms with E-state index < -0.39 is 5.92 Å². The molecular formula is C13H20BrF2NO. The molecule has 0 spiro atoms. The maximum atomic E-state index is 13.1. The highest BCUT2D eigenvalue weighted by atomic mass is 79.9. The molecule has 0 aromatic heterocycles. The van der Waals surface area contributed by atoms with Gasteiger partial charge in [0, 0.05) is 36.7 Å². The van der Waals surface area contributed by atoms with Crippen LogP contribution >= 0.6 is 15.9 Å². The Balaban J connectivity index is 1.91. The molecule has 0 N–H and O–H groups in total. The van der Waals surface area contributed by atoms with Crippen molar-refractivity contribution < 1.29 is 13.6 Å². The van der Waals surface area contributed by atoms with E-state index in [-0.39, 0.29) is 24.7 Å². The minimum absolute atomic E-state index is 0.119. The molecule has 104 valence electrons. The summed E-state index contributed by atoms with van der Waals surface area (Å²) in [6.45, 7) is 0.809. The highest BCUT2D eigenvalue weighted by Gasteiger charge is 2.40. The van der Waals surface area contributed by atoms with E-state index in [1.165, 1.54) is 0 Å². The Hall–Kier alpha value is -0.190. The summed E-state index contributed by atoms with van der Waals surface area (Å²) in [4.78, 5) is 14.3. The fraction of sp³-hybridized carbons (Fsp3) is 0.923. The summed E-state index contributed by atoms with van der Waals surface area (Å²) in [5, 5.41) is 0.893. The zero-order valence-electron chi connectivity index (χ0n) is 10.5. The summed E-state index contributed by atoms with van der Waals surface area (Å²) >= 11 is 3.41. The smallest absolute Gasteiger partial charge is 0.248 e. The van der Waals surface area contributed by atoms with Crippen LogP contribution in [0, 0.1) is 5.92 Å². The molecule has 2 fully saturated rings. The second-order valence-electron chi connectivity index (χ2n) is 5.44. The molecule has 1 amide bonds. The first kappa shape index (κ1) is 14.2. The molecule has 0 bridgehead atoms. The molecule has 5 heteroatoms. The van der Waals surface area contributed by atoms with Crippen LogP contribution in [0.15, 0.2) is 0 Å². The molecule has 2 nitrogen and oxygen atoms in total. The lowest BCUT2D eigenvalue weighted by molar-refractivity contribution is -0.140. The number of carbonyl (C=O) groups is 1. The molecule has 0 radical (unpaired) electrons. The van der Waals surface area contributed by atoms with Crippen molar-refractivity contribution in [1.29, 1.82) is 0 Å². The monoisotopic (exact) mass is 323 g/mol. The summed E-state index contributed by atoms with van der Waals surface area (Å²) in [6.07, 6.45) is 3.52. The van der Waals surface area contributed by atoms with Crippen LogP contribution in [0.3, 0.4) is 0 Å². The van der Waals surface area contributed by atoms with Crippen molar-refractivity contribution in [2.24, 2.45) is 5.92 Å². The maximum absolute atomic E-state index is 13.1. The molecule has 0 aromatic carbocycles. The fourth-order valence-electron chi connectivity index (χ4n) is 3.07. The Morgan fingerprint density at radius 3 is 2.56 bits per heavy atom. The number of rotatable bonds is 3. The van der Waals surface area contributed by atoms with Crippen molar-refractivity contribution in [3.05, 3.63) is 0 Å². The second-order valence-corrected chi connectivity index (χ2v) is 6.23. The van der Waals surface area contributed by atoms with Crippen LogP contribution in [0.1, 0.15) is 44.9 Å². The molecule has 18 heavy (non-hydrogen) atoms. The average Bonchev–Trinajstić information content (AvgIpc) is 2.77. The van der Waals surface area contributed by atoms with Gasteiger partial charge in [-0.25, -0.2) is 8.78 Å². The summed E-state index contributed by atoms with van der Waals surface area (Å²) in [5.41, 5.74) is 0.